The Hall–Kier alpha value is -2.21. The topological polar surface area (TPSA) is 67.9 Å². The molecule has 1 aromatic carbocycles. The van der Waals surface area contributed by atoms with Crippen molar-refractivity contribution >= 4 is 38.6 Å². The normalized spacial score (nSPS) is 14.1. The summed E-state index contributed by atoms with van der Waals surface area (Å²) >= 11 is 3.54. The number of rotatable bonds is 1. The molecule has 0 fully saturated rings. The third-order valence-corrected chi connectivity index (χ3v) is 4.47. The van der Waals surface area contributed by atoms with Gasteiger partial charge in [0, 0.05) is 17.6 Å². The second-order valence-corrected chi connectivity index (χ2v) is 6.30. The van der Waals surface area contributed by atoms with Gasteiger partial charge in [0.1, 0.15) is 18.0 Å². The van der Waals surface area contributed by atoms with Crippen LogP contribution < -0.4 is 10.6 Å². The van der Waals surface area contributed by atoms with E-state index in [-0.39, 0.29) is 0 Å². The Kier molecular flexibility index (Phi) is 3.18. The van der Waals surface area contributed by atoms with Crippen molar-refractivity contribution in [1.29, 1.82) is 0 Å². The Labute approximate surface area is 136 Å². The molecule has 0 radical (unpaired) electrons. The molecular formula is C16H14BrN5. The van der Waals surface area contributed by atoms with E-state index in [0.29, 0.717) is 11.5 Å². The fraction of sp³-hybridized carbons (Fsp3) is 0.188. The average molecular weight is 356 g/mol. The standard InChI is InChI=1S/C16H14BrN5/c17-12-2-1-11-8-22(6-5-10(11)7-12)16-13-3-4-14(18)21-15(13)19-9-20-16/h1-4,7,9H,5-6,8H2,(H2,18,19,20,21). The van der Waals surface area contributed by atoms with Crippen molar-refractivity contribution in [3.63, 3.8) is 0 Å². The SMILES string of the molecule is Nc1ccc2c(N3CCc4cc(Br)ccc4C3)ncnc2n1. The molecule has 0 saturated heterocycles. The number of anilines is 2. The van der Waals surface area contributed by atoms with Crippen LogP contribution in [0.25, 0.3) is 11.0 Å². The van der Waals surface area contributed by atoms with Crippen LogP contribution in [-0.2, 0) is 13.0 Å². The fourth-order valence-electron chi connectivity index (χ4n) is 2.90. The van der Waals surface area contributed by atoms with Gasteiger partial charge in [0.25, 0.3) is 0 Å². The van der Waals surface area contributed by atoms with Crippen molar-refractivity contribution in [3.8, 4) is 0 Å². The number of nitrogen functional groups attached to an aromatic ring is 1. The minimum absolute atomic E-state index is 0.478. The Bertz CT molecular complexity index is 864. The van der Waals surface area contributed by atoms with E-state index in [2.05, 4.69) is 54.0 Å². The van der Waals surface area contributed by atoms with Crippen LogP contribution in [0.3, 0.4) is 0 Å². The first-order valence-electron chi connectivity index (χ1n) is 7.10. The first kappa shape index (κ1) is 13.5. The van der Waals surface area contributed by atoms with E-state index in [0.717, 1.165) is 35.2 Å². The summed E-state index contributed by atoms with van der Waals surface area (Å²) in [4.78, 5) is 15.3. The number of hydrogen-bond acceptors (Lipinski definition) is 5. The van der Waals surface area contributed by atoms with Gasteiger partial charge in [-0.15, -0.1) is 0 Å². The van der Waals surface area contributed by atoms with Crippen molar-refractivity contribution in [2.24, 2.45) is 0 Å². The van der Waals surface area contributed by atoms with Crippen molar-refractivity contribution < 1.29 is 0 Å². The van der Waals surface area contributed by atoms with Gasteiger partial charge in [-0.2, -0.15) is 0 Å². The smallest absolute Gasteiger partial charge is 0.166 e. The first-order valence-corrected chi connectivity index (χ1v) is 7.89. The Morgan fingerprint density at radius 3 is 2.91 bits per heavy atom. The molecule has 22 heavy (non-hydrogen) atoms. The van der Waals surface area contributed by atoms with Gasteiger partial charge < -0.3 is 10.6 Å². The molecule has 0 aliphatic carbocycles. The third kappa shape index (κ3) is 2.29. The number of nitrogens with two attached hydrogens (primary N) is 1. The minimum Gasteiger partial charge on any atom is -0.384 e. The predicted molar refractivity (Wildman–Crippen MR) is 90.6 cm³/mol. The zero-order valence-electron chi connectivity index (χ0n) is 11.8. The fourth-order valence-corrected chi connectivity index (χ4v) is 3.31. The quantitative estimate of drug-likeness (QED) is 0.726. The molecule has 5 nitrogen and oxygen atoms in total. The summed E-state index contributed by atoms with van der Waals surface area (Å²) in [6.45, 7) is 1.78. The van der Waals surface area contributed by atoms with Gasteiger partial charge in [-0.25, -0.2) is 15.0 Å². The maximum absolute atomic E-state index is 5.74. The number of aromatic nitrogens is 3. The van der Waals surface area contributed by atoms with E-state index in [1.807, 2.05) is 6.07 Å². The van der Waals surface area contributed by atoms with Crippen LogP contribution in [0, 0.1) is 0 Å². The van der Waals surface area contributed by atoms with E-state index >= 15 is 0 Å². The van der Waals surface area contributed by atoms with Crippen molar-refractivity contribution in [1.82, 2.24) is 15.0 Å². The molecule has 0 saturated carbocycles. The Morgan fingerprint density at radius 2 is 2.00 bits per heavy atom. The summed E-state index contributed by atoms with van der Waals surface area (Å²) in [5.41, 5.74) is 9.12. The predicted octanol–water partition coefficient (Wildman–Crippen LogP) is 2.93. The second kappa shape index (κ2) is 5.21. The highest BCUT2D eigenvalue weighted by atomic mass is 79.9. The maximum atomic E-state index is 5.74. The molecule has 3 aromatic rings. The van der Waals surface area contributed by atoms with Gasteiger partial charge in [0.15, 0.2) is 5.65 Å². The van der Waals surface area contributed by atoms with Crippen LogP contribution in [0.2, 0.25) is 0 Å². The number of nitrogens with zero attached hydrogens (tertiary/aromatic N) is 4. The zero-order chi connectivity index (χ0) is 15.1. The maximum Gasteiger partial charge on any atom is 0.166 e. The highest BCUT2D eigenvalue weighted by molar-refractivity contribution is 9.10. The monoisotopic (exact) mass is 355 g/mol. The Morgan fingerprint density at radius 1 is 1.09 bits per heavy atom. The molecule has 0 amide bonds. The van der Waals surface area contributed by atoms with E-state index in [1.54, 1.807) is 12.4 Å². The molecule has 0 unspecified atom stereocenters. The van der Waals surface area contributed by atoms with Crippen LogP contribution >= 0.6 is 15.9 Å². The molecule has 3 heterocycles. The molecule has 1 aliphatic heterocycles. The van der Waals surface area contributed by atoms with Crippen molar-refractivity contribution in [2.45, 2.75) is 13.0 Å². The number of hydrogen-bond donors (Lipinski definition) is 1. The lowest BCUT2D eigenvalue weighted by Gasteiger charge is -2.30. The van der Waals surface area contributed by atoms with Crippen LogP contribution in [0.5, 0.6) is 0 Å². The number of halogens is 1. The lowest BCUT2D eigenvalue weighted by molar-refractivity contribution is 0.722. The van der Waals surface area contributed by atoms with Crippen molar-refractivity contribution in [2.75, 3.05) is 17.2 Å². The van der Waals surface area contributed by atoms with Crippen LogP contribution in [0.1, 0.15) is 11.1 Å². The second-order valence-electron chi connectivity index (χ2n) is 5.39. The van der Waals surface area contributed by atoms with Gasteiger partial charge >= 0.3 is 0 Å². The molecule has 1 aliphatic rings. The summed E-state index contributed by atoms with van der Waals surface area (Å²) in [5, 5.41) is 0.942. The van der Waals surface area contributed by atoms with Crippen LogP contribution in [-0.4, -0.2) is 21.5 Å². The van der Waals surface area contributed by atoms with Crippen LogP contribution in [0.4, 0.5) is 11.6 Å². The molecular weight excluding hydrogens is 342 g/mol. The molecule has 2 aromatic heterocycles. The molecule has 110 valence electrons. The van der Waals surface area contributed by atoms with Gasteiger partial charge in [0.2, 0.25) is 0 Å². The minimum atomic E-state index is 0.478. The van der Waals surface area contributed by atoms with E-state index in [4.69, 9.17) is 5.73 Å². The van der Waals surface area contributed by atoms with Crippen LogP contribution in [0.15, 0.2) is 41.1 Å². The third-order valence-electron chi connectivity index (χ3n) is 3.98. The summed E-state index contributed by atoms with van der Waals surface area (Å²) in [5.74, 6) is 1.40. The Balaban J connectivity index is 1.76. The van der Waals surface area contributed by atoms with E-state index < -0.39 is 0 Å². The van der Waals surface area contributed by atoms with E-state index in [9.17, 15) is 0 Å². The summed E-state index contributed by atoms with van der Waals surface area (Å²) < 4.78 is 1.13. The average Bonchev–Trinajstić information content (AvgIpc) is 2.53. The van der Waals surface area contributed by atoms with E-state index in [1.165, 1.54) is 11.1 Å². The zero-order valence-corrected chi connectivity index (χ0v) is 13.4. The number of pyridine rings is 1. The summed E-state index contributed by atoms with van der Waals surface area (Å²) in [7, 11) is 0. The lowest BCUT2D eigenvalue weighted by Crippen LogP contribution is -2.31. The van der Waals surface area contributed by atoms with Gasteiger partial charge in [-0.3, -0.25) is 0 Å². The van der Waals surface area contributed by atoms with Gasteiger partial charge in [-0.1, -0.05) is 22.0 Å². The molecule has 0 atom stereocenters. The summed E-state index contributed by atoms with van der Waals surface area (Å²) in [6.07, 6.45) is 2.56. The molecule has 6 heteroatoms. The first-order chi connectivity index (χ1) is 10.7. The van der Waals surface area contributed by atoms with Crippen molar-refractivity contribution in [3.05, 3.63) is 52.3 Å². The summed E-state index contributed by atoms with van der Waals surface area (Å²) in [6, 6.07) is 10.2. The molecule has 4 rings (SSSR count). The number of benzene rings is 1. The lowest BCUT2D eigenvalue weighted by atomic mass is 10.00. The van der Waals surface area contributed by atoms with Gasteiger partial charge in [-0.05, 0) is 41.8 Å². The highest BCUT2D eigenvalue weighted by Crippen LogP contribution is 2.29. The largest absolute Gasteiger partial charge is 0.384 e. The highest BCUT2D eigenvalue weighted by Gasteiger charge is 2.19. The molecule has 0 bridgehead atoms. The number of fused-ring (bicyclic) bond motifs is 2. The molecule has 2 N–H and O–H groups in total. The molecule has 0 spiro atoms. The van der Waals surface area contributed by atoms with Gasteiger partial charge in [0.05, 0.1) is 5.39 Å².